The zero-order valence-electron chi connectivity index (χ0n) is 12.1. The predicted molar refractivity (Wildman–Crippen MR) is 73.1 cm³/mol. The molecule has 2 heteroatoms. The highest BCUT2D eigenvalue weighted by atomic mass is 16.2. The van der Waals surface area contributed by atoms with E-state index in [9.17, 15) is 4.79 Å². The van der Waals surface area contributed by atoms with Gasteiger partial charge in [0.1, 0.15) is 0 Å². The minimum absolute atomic E-state index is 0.00225. The van der Waals surface area contributed by atoms with E-state index in [1.807, 2.05) is 0 Å². The summed E-state index contributed by atoms with van der Waals surface area (Å²) in [5.74, 6) is 2.04. The fraction of sp³-hybridized carbons (Fsp3) is 0.938. The molecule has 0 aromatic rings. The minimum Gasteiger partial charge on any atom is -0.353 e. The van der Waals surface area contributed by atoms with Gasteiger partial charge in [-0.1, -0.05) is 13.8 Å². The zero-order chi connectivity index (χ0) is 13.0. The van der Waals surface area contributed by atoms with Gasteiger partial charge in [0.05, 0.1) is 5.41 Å². The lowest BCUT2D eigenvalue weighted by molar-refractivity contribution is -0.155. The fourth-order valence-electron chi connectivity index (χ4n) is 5.46. The highest BCUT2D eigenvalue weighted by Gasteiger charge is 2.58. The van der Waals surface area contributed by atoms with Crippen LogP contribution >= 0.6 is 0 Å². The van der Waals surface area contributed by atoms with Gasteiger partial charge in [-0.2, -0.15) is 0 Å². The molecule has 0 spiro atoms. The Balaban J connectivity index is 1.80. The first kappa shape index (κ1) is 12.5. The molecule has 0 aromatic heterocycles. The molecular weight excluding hydrogens is 222 g/mol. The first-order valence-electron chi connectivity index (χ1n) is 7.76. The highest BCUT2D eigenvalue weighted by molar-refractivity contribution is 5.83. The molecule has 4 bridgehead atoms. The first-order valence-corrected chi connectivity index (χ1v) is 7.76. The molecular formula is C16H27NO. The smallest absolute Gasteiger partial charge is 0.226 e. The number of nitrogens with one attached hydrogen (secondary N) is 1. The van der Waals surface area contributed by atoms with Gasteiger partial charge in [0, 0.05) is 6.04 Å². The lowest BCUT2D eigenvalue weighted by Crippen LogP contribution is -2.57. The van der Waals surface area contributed by atoms with Crippen LogP contribution in [0.15, 0.2) is 0 Å². The Morgan fingerprint density at radius 1 is 1.28 bits per heavy atom. The molecule has 3 unspecified atom stereocenters. The third kappa shape index (κ3) is 1.88. The van der Waals surface area contributed by atoms with Crippen molar-refractivity contribution in [3.05, 3.63) is 0 Å². The van der Waals surface area contributed by atoms with Crippen LogP contribution in [0.2, 0.25) is 0 Å². The summed E-state index contributed by atoms with van der Waals surface area (Å²) in [7, 11) is 0. The average molecular weight is 249 g/mol. The summed E-state index contributed by atoms with van der Waals surface area (Å²) in [6.45, 7) is 6.70. The third-order valence-corrected chi connectivity index (χ3v) is 5.83. The van der Waals surface area contributed by atoms with E-state index in [1.165, 1.54) is 32.1 Å². The van der Waals surface area contributed by atoms with E-state index in [1.54, 1.807) is 0 Å². The minimum atomic E-state index is 0.00225. The number of hydrogen-bond donors (Lipinski definition) is 1. The van der Waals surface area contributed by atoms with Crippen molar-refractivity contribution in [1.29, 1.82) is 0 Å². The van der Waals surface area contributed by atoms with Crippen molar-refractivity contribution in [2.45, 2.75) is 71.8 Å². The molecule has 0 saturated heterocycles. The van der Waals surface area contributed by atoms with Gasteiger partial charge in [0.2, 0.25) is 5.91 Å². The SMILES string of the molecule is CCC(C)NC(=O)C12CC3CC(CC(C)(C3)C1)C2. The number of carbonyl (C=O) groups is 1. The van der Waals surface area contributed by atoms with Gasteiger partial charge >= 0.3 is 0 Å². The van der Waals surface area contributed by atoms with Crippen LogP contribution in [-0.2, 0) is 4.79 Å². The Labute approximate surface area is 111 Å². The van der Waals surface area contributed by atoms with Crippen LogP contribution in [0.1, 0.15) is 65.7 Å². The molecule has 1 amide bonds. The largest absolute Gasteiger partial charge is 0.353 e. The summed E-state index contributed by atoms with van der Waals surface area (Å²) in [4.78, 5) is 12.7. The number of hydrogen-bond acceptors (Lipinski definition) is 1. The molecule has 4 fully saturated rings. The number of rotatable bonds is 3. The third-order valence-electron chi connectivity index (χ3n) is 5.83. The average Bonchev–Trinajstić information content (AvgIpc) is 2.25. The molecule has 0 heterocycles. The van der Waals surface area contributed by atoms with Crippen molar-refractivity contribution < 1.29 is 4.79 Å². The fourth-order valence-corrected chi connectivity index (χ4v) is 5.46. The van der Waals surface area contributed by atoms with Crippen LogP contribution in [0.3, 0.4) is 0 Å². The summed E-state index contributed by atoms with van der Waals surface area (Å²) >= 11 is 0. The van der Waals surface area contributed by atoms with E-state index >= 15 is 0 Å². The molecule has 4 aliphatic carbocycles. The number of carbonyl (C=O) groups excluding carboxylic acids is 1. The van der Waals surface area contributed by atoms with E-state index in [-0.39, 0.29) is 5.41 Å². The van der Waals surface area contributed by atoms with Crippen molar-refractivity contribution in [2.75, 3.05) is 0 Å². The topological polar surface area (TPSA) is 29.1 Å². The van der Waals surface area contributed by atoms with E-state index in [2.05, 4.69) is 26.1 Å². The molecule has 3 atom stereocenters. The van der Waals surface area contributed by atoms with Crippen LogP contribution in [0.4, 0.5) is 0 Å². The summed E-state index contributed by atoms with van der Waals surface area (Å²) < 4.78 is 0. The van der Waals surface area contributed by atoms with Crippen molar-refractivity contribution in [1.82, 2.24) is 5.32 Å². The highest BCUT2D eigenvalue weighted by Crippen LogP contribution is 2.65. The molecule has 4 aliphatic rings. The molecule has 102 valence electrons. The van der Waals surface area contributed by atoms with E-state index in [0.29, 0.717) is 17.4 Å². The zero-order valence-corrected chi connectivity index (χ0v) is 12.1. The van der Waals surface area contributed by atoms with Gasteiger partial charge in [0.25, 0.3) is 0 Å². The van der Waals surface area contributed by atoms with Gasteiger partial charge in [-0.15, -0.1) is 0 Å². The summed E-state index contributed by atoms with van der Waals surface area (Å²) in [6, 6.07) is 0.332. The van der Waals surface area contributed by atoms with E-state index in [0.717, 1.165) is 24.7 Å². The molecule has 0 aliphatic heterocycles. The normalized spacial score (nSPS) is 47.1. The maximum atomic E-state index is 12.7. The standard InChI is InChI=1S/C16H27NO/c1-4-11(2)17-14(18)16-8-12-5-13(9-16)7-15(3,6-12)10-16/h11-13H,4-10H2,1-3H3,(H,17,18). The van der Waals surface area contributed by atoms with Crippen LogP contribution < -0.4 is 5.32 Å². The molecule has 4 rings (SSSR count). The molecule has 1 N–H and O–H groups in total. The van der Waals surface area contributed by atoms with E-state index < -0.39 is 0 Å². The number of amides is 1. The second-order valence-corrected chi connectivity index (χ2v) is 7.83. The predicted octanol–water partition coefficient (Wildman–Crippen LogP) is 3.51. The Bertz CT molecular complexity index is 348. The molecule has 0 aromatic carbocycles. The maximum absolute atomic E-state index is 12.7. The second kappa shape index (κ2) is 3.98. The van der Waals surface area contributed by atoms with Gasteiger partial charge in [0.15, 0.2) is 0 Å². The monoisotopic (exact) mass is 249 g/mol. The van der Waals surface area contributed by atoms with Crippen molar-refractivity contribution >= 4 is 5.91 Å². The maximum Gasteiger partial charge on any atom is 0.226 e. The second-order valence-electron chi connectivity index (χ2n) is 7.83. The van der Waals surface area contributed by atoms with E-state index in [4.69, 9.17) is 0 Å². The van der Waals surface area contributed by atoms with Gasteiger partial charge < -0.3 is 5.32 Å². The lowest BCUT2D eigenvalue weighted by atomic mass is 9.44. The van der Waals surface area contributed by atoms with Gasteiger partial charge in [-0.3, -0.25) is 4.79 Å². The van der Waals surface area contributed by atoms with Crippen LogP contribution in [-0.4, -0.2) is 11.9 Å². The van der Waals surface area contributed by atoms with Crippen LogP contribution in [0.25, 0.3) is 0 Å². The van der Waals surface area contributed by atoms with Gasteiger partial charge in [-0.05, 0) is 69.1 Å². The lowest BCUT2D eigenvalue weighted by Gasteiger charge is -2.60. The molecule has 2 nitrogen and oxygen atoms in total. The Hall–Kier alpha value is -0.530. The van der Waals surface area contributed by atoms with Crippen LogP contribution in [0, 0.1) is 22.7 Å². The Morgan fingerprint density at radius 2 is 1.89 bits per heavy atom. The molecule has 18 heavy (non-hydrogen) atoms. The van der Waals surface area contributed by atoms with Crippen LogP contribution in [0.5, 0.6) is 0 Å². The summed E-state index contributed by atoms with van der Waals surface area (Å²) in [5.41, 5.74) is 0.471. The van der Waals surface area contributed by atoms with Gasteiger partial charge in [-0.25, -0.2) is 0 Å². The van der Waals surface area contributed by atoms with Crippen molar-refractivity contribution in [3.8, 4) is 0 Å². The summed E-state index contributed by atoms with van der Waals surface area (Å²) in [5, 5.41) is 3.26. The quantitative estimate of drug-likeness (QED) is 0.815. The van der Waals surface area contributed by atoms with Crippen molar-refractivity contribution in [2.24, 2.45) is 22.7 Å². The molecule has 4 saturated carbocycles. The Morgan fingerprint density at radius 3 is 2.39 bits per heavy atom. The summed E-state index contributed by atoms with van der Waals surface area (Å²) in [6.07, 6.45) is 8.67. The first-order chi connectivity index (χ1) is 8.45. The molecule has 0 radical (unpaired) electrons. The van der Waals surface area contributed by atoms with Crippen molar-refractivity contribution in [3.63, 3.8) is 0 Å². The Kier molecular flexibility index (Phi) is 2.76.